The van der Waals surface area contributed by atoms with Gasteiger partial charge in [0.2, 0.25) is 0 Å². The van der Waals surface area contributed by atoms with Gasteiger partial charge < -0.3 is 5.11 Å². The summed E-state index contributed by atoms with van der Waals surface area (Å²) in [4.78, 5) is 11.3. The van der Waals surface area contributed by atoms with E-state index in [2.05, 4.69) is 6.92 Å². The number of hydrogen-bond donors (Lipinski definition) is 1. The quantitative estimate of drug-likeness (QED) is 0.486. The van der Waals surface area contributed by atoms with Gasteiger partial charge in [0.05, 0.1) is 5.92 Å². The van der Waals surface area contributed by atoms with Gasteiger partial charge >= 0.3 is 5.97 Å². The molecule has 1 atom stereocenters. The third kappa shape index (κ3) is 7.91. The Bertz CT molecular complexity index is 244. The zero-order valence-electron chi connectivity index (χ0n) is 13.4. The summed E-state index contributed by atoms with van der Waals surface area (Å²) in [5, 5.41) is 9.31. The van der Waals surface area contributed by atoms with Crippen molar-refractivity contribution in [2.45, 2.75) is 96.8 Å². The molecule has 1 fully saturated rings. The predicted molar refractivity (Wildman–Crippen MR) is 84.9 cm³/mol. The van der Waals surface area contributed by atoms with Crippen molar-refractivity contribution in [3.8, 4) is 0 Å². The second-order valence-corrected chi connectivity index (χ2v) is 6.67. The highest BCUT2D eigenvalue weighted by atomic mass is 16.4. The zero-order valence-corrected chi connectivity index (χ0v) is 13.4. The first kappa shape index (κ1) is 17.5. The van der Waals surface area contributed by atoms with Crippen LogP contribution in [0.3, 0.4) is 0 Å². The molecule has 0 radical (unpaired) electrons. The van der Waals surface area contributed by atoms with Gasteiger partial charge in [-0.1, -0.05) is 84.0 Å². The van der Waals surface area contributed by atoms with Gasteiger partial charge in [0.1, 0.15) is 0 Å². The molecular formula is C18H34O2. The van der Waals surface area contributed by atoms with E-state index in [1.165, 1.54) is 64.2 Å². The Hall–Kier alpha value is -0.530. The fourth-order valence-corrected chi connectivity index (χ4v) is 3.51. The largest absolute Gasteiger partial charge is 0.481 e. The van der Waals surface area contributed by atoms with Crippen LogP contribution in [0.15, 0.2) is 0 Å². The standard InChI is InChI=1S/C18H34O2/c1-2-3-4-5-9-14-17(18(19)20)15-10-13-16-11-7-6-8-12-16/h16-17H,2-15H2,1H3,(H,19,20). The van der Waals surface area contributed by atoms with Crippen molar-refractivity contribution in [2.75, 3.05) is 0 Å². The van der Waals surface area contributed by atoms with Gasteiger partial charge in [-0.15, -0.1) is 0 Å². The van der Waals surface area contributed by atoms with E-state index in [9.17, 15) is 9.90 Å². The first-order valence-corrected chi connectivity index (χ1v) is 8.96. The molecule has 0 saturated heterocycles. The number of carbonyl (C=O) groups is 1. The van der Waals surface area contributed by atoms with Gasteiger partial charge in [-0.3, -0.25) is 4.79 Å². The molecule has 0 amide bonds. The topological polar surface area (TPSA) is 37.3 Å². The SMILES string of the molecule is CCCCCCCC(CCCC1CCCCC1)C(=O)O. The lowest BCUT2D eigenvalue weighted by Crippen LogP contribution is -2.14. The molecule has 2 heteroatoms. The number of aliphatic carboxylic acids is 1. The zero-order chi connectivity index (χ0) is 14.6. The number of unbranched alkanes of at least 4 members (excludes halogenated alkanes) is 4. The molecule has 0 aromatic rings. The Labute approximate surface area is 125 Å². The second-order valence-electron chi connectivity index (χ2n) is 6.67. The minimum atomic E-state index is -0.566. The van der Waals surface area contributed by atoms with E-state index in [0.717, 1.165) is 31.6 Å². The first-order chi connectivity index (χ1) is 9.74. The normalized spacial score (nSPS) is 18.1. The van der Waals surface area contributed by atoms with Crippen molar-refractivity contribution in [3.05, 3.63) is 0 Å². The molecule has 0 aliphatic heterocycles. The number of rotatable bonds is 11. The number of carboxylic acids is 1. The van der Waals surface area contributed by atoms with Gasteiger partial charge in [-0.2, -0.15) is 0 Å². The van der Waals surface area contributed by atoms with Crippen LogP contribution in [0.2, 0.25) is 0 Å². The van der Waals surface area contributed by atoms with Crippen LogP contribution in [0, 0.1) is 11.8 Å². The molecule has 0 heterocycles. The maximum Gasteiger partial charge on any atom is 0.306 e. The van der Waals surface area contributed by atoms with Gasteiger partial charge in [-0.05, 0) is 18.8 Å². The highest BCUT2D eigenvalue weighted by molar-refractivity contribution is 5.69. The lowest BCUT2D eigenvalue weighted by Gasteiger charge is -2.22. The lowest BCUT2D eigenvalue weighted by atomic mass is 9.84. The van der Waals surface area contributed by atoms with Gasteiger partial charge in [0.25, 0.3) is 0 Å². The third-order valence-electron chi connectivity index (χ3n) is 4.90. The minimum absolute atomic E-state index is 0.0831. The molecule has 2 nitrogen and oxygen atoms in total. The Morgan fingerprint density at radius 3 is 2.30 bits per heavy atom. The maximum atomic E-state index is 11.3. The van der Waals surface area contributed by atoms with Crippen LogP contribution in [0.1, 0.15) is 96.8 Å². The van der Waals surface area contributed by atoms with Crippen molar-refractivity contribution >= 4 is 5.97 Å². The molecule has 20 heavy (non-hydrogen) atoms. The number of hydrogen-bond acceptors (Lipinski definition) is 1. The molecule has 0 bridgehead atoms. The molecule has 1 rings (SSSR count). The van der Waals surface area contributed by atoms with E-state index >= 15 is 0 Å². The second kappa shape index (κ2) is 11.2. The molecule has 118 valence electrons. The molecule has 1 aliphatic rings. The first-order valence-electron chi connectivity index (χ1n) is 8.96. The molecule has 1 N–H and O–H groups in total. The van der Waals surface area contributed by atoms with Crippen LogP contribution < -0.4 is 0 Å². The van der Waals surface area contributed by atoms with E-state index in [1.54, 1.807) is 0 Å². The third-order valence-corrected chi connectivity index (χ3v) is 4.90. The summed E-state index contributed by atoms with van der Waals surface area (Å²) in [6, 6.07) is 0. The summed E-state index contributed by atoms with van der Waals surface area (Å²) < 4.78 is 0. The Morgan fingerprint density at radius 1 is 1.00 bits per heavy atom. The molecular weight excluding hydrogens is 248 g/mol. The summed E-state index contributed by atoms with van der Waals surface area (Å²) in [6.07, 6.45) is 17.3. The van der Waals surface area contributed by atoms with E-state index in [-0.39, 0.29) is 5.92 Å². The van der Waals surface area contributed by atoms with E-state index < -0.39 is 5.97 Å². The Balaban J connectivity index is 2.09. The van der Waals surface area contributed by atoms with E-state index in [1.807, 2.05) is 0 Å². The Kier molecular flexibility index (Phi) is 9.78. The summed E-state index contributed by atoms with van der Waals surface area (Å²) in [5.41, 5.74) is 0. The summed E-state index contributed by atoms with van der Waals surface area (Å²) >= 11 is 0. The van der Waals surface area contributed by atoms with Crippen molar-refractivity contribution in [2.24, 2.45) is 11.8 Å². The van der Waals surface area contributed by atoms with Gasteiger partial charge in [0.15, 0.2) is 0 Å². The van der Waals surface area contributed by atoms with Crippen LogP contribution in [0.25, 0.3) is 0 Å². The van der Waals surface area contributed by atoms with Crippen LogP contribution in [-0.4, -0.2) is 11.1 Å². The average Bonchev–Trinajstić information content (AvgIpc) is 2.46. The van der Waals surface area contributed by atoms with Crippen molar-refractivity contribution in [1.82, 2.24) is 0 Å². The van der Waals surface area contributed by atoms with Crippen molar-refractivity contribution in [1.29, 1.82) is 0 Å². The highest BCUT2D eigenvalue weighted by Crippen LogP contribution is 2.29. The molecule has 1 unspecified atom stereocenters. The highest BCUT2D eigenvalue weighted by Gasteiger charge is 2.18. The molecule has 1 aliphatic carbocycles. The van der Waals surface area contributed by atoms with Crippen LogP contribution >= 0.6 is 0 Å². The molecule has 0 aromatic carbocycles. The predicted octanol–water partition coefficient (Wildman–Crippen LogP) is 5.80. The maximum absolute atomic E-state index is 11.3. The summed E-state index contributed by atoms with van der Waals surface area (Å²) in [7, 11) is 0. The van der Waals surface area contributed by atoms with E-state index in [0.29, 0.717) is 0 Å². The van der Waals surface area contributed by atoms with Crippen molar-refractivity contribution < 1.29 is 9.90 Å². The van der Waals surface area contributed by atoms with Crippen LogP contribution in [0.4, 0.5) is 0 Å². The van der Waals surface area contributed by atoms with Crippen molar-refractivity contribution in [3.63, 3.8) is 0 Å². The fraction of sp³-hybridized carbons (Fsp3) is 0.944. The smallest absolute Gasteiger partial charge is 0.306 e. The van der Waals surface area contributed by atoms with Gasteiger partial charge in [-0.25, -0.2) is 0 Å². The minimum Gasteiger partial charge on any atom is -0.481 e. The van der Waals surface area contributed by atoms with Gasteiger partial charge in [0, 0.05) is 0 Å². The Morgan fingerprint density at radius 2 is 1.65 bits per heavy atom. The van der Waals surface area contributed by atoms with Crippen LogP contribution in [0.5, 0.6) is 0 Å². The van der Waals surface area contributed by atoms with Crippen LogP contribution in [-0.2, 0) is 4.79 Å². The summed E-state index contributed by atoms with van der Waals surface area (Å²) in [5.74, 6) is 0.243. The molecule has 0 aromatic heterocycles. The molecule has 1 saturated carbocycles. The summed E-state index contributed by atoms with van der Waals surface area (Å²) in [6.45, 7) is 2.21. The monoisotopic (exact) mass is 282 g/mol. The lowest BCUT2D eigenvalue weighted by molar-refractivity contribution is -0.142. The fourth-order valence-electron chi connectivity index (χ4n) is 3.51. The molecule has 0 spiro atoms. The average molecular weight is 282 g/mol. The number of carboxylic acid groups (broad SMARTS) is 1. The van der Waals surface area contributed by atoms with E-state index in [4.69, 9.17) is 0 Å².